The number of amides is 1. The van der Waals surface area contributed by atoms with Crippen LogP contribution in [0.2, 0.25) is 5.02 Å². The Kier molecular flexibility index (Phi) is 7.30. The highest BCUT2D eigenvalue weighted by Gasteiger charge is 2.34. The van der Waals surface area contributed by atoms with Gasteiger partial charge in [0.25, 0.3) is 0 Å². The van der Waals surface area contributed by atoms with Crippen molar-refractivity contribution in [2.24, 2.45) is 0 Å². The number of sulfonamides is 1. The summed E-state index contributed by atoms with van der Waals surface area (Å²) in [5.74, 6) is 0.0890. The van der Waals surface area contributed by atoms with Crippen molar-refractivity contribution < 1.29 is 13.2 Å². The monoisotopic (exact) mass is 415 g/mol. The summed E-state index contributed by atoms with van der Waals surface area (Å²) in [7, 11) is -3.57. The Morgan fingerprint density at radius 3 is 2.07 bits per heavy atom. The highest BCUT2D eigenvalue weighted by atomic mass is 35.5. The van der Waals surface area contributed by atoms with Crippen molar-refractivity contribution in [1.29, 1.82) is 0 Å². The van der Waals surface area contributed by atoms with E-state index in [4.69, 9.17) is 11.6 Å². The lowest BCUT2D eigenvalue weighted by atomic mass is 10.1. The smallest absolute Gasteiger partial charge is 0.243 e. The molecule has 152 valence electrons. The van der Waals surface area contributed by atoms with E-state index >= 15 is 0 Å². The average Bonchev–Trinajstić information content (AvgIpc) is 2.60. The Bertz CT molecular complexity index is 751. The van der Waals surface area contributed by atoms with Crippen LogP contribution in [-0.2, 0) is 14.8 Å². The largest absolute Gasteiger partial charge is 0.336 e. The number of rotatable bonds is 6. The summed E-state index contributed by atoms with van der Waals surface area (Å²) in [6, 6.07) is 6.31. The molecule has 1 fully saturated rings. The third-order valence-electron chi connectivity index (χ3n) is 4.98. The maximum absolute atomic E-state index is 12.9. The number of hydrogen-bond donors (Lipinski definition) is 0. The van der Waals surface area contributed by atoms with Gasteiger partial charge in [0.1, 0.15) is 0 Å². The van der Waals surface area contributed by atoms with E-state index in [1.807, 2.05) is 39.5 Å². The molecule has 1 amide bonds. The number of piperazine rings is 1. The normalized spacial score (nSPS) is 18.1. The zero-order chi connectivity index (χ0) is 20.4. The molecule has 8 heteroatoms. The minimum absolute atomic E-state index is 0.0890. The van der Waals surface area contributed by atoms with Gasteiger partial charge in [-0.2, -0.15) is 4.31 Å². The molecular formula is C19H30ClN3O3S. The SMILES string of the molecule is CC(C)N(C(=O)[C@H](C)N1CCN(S(=O)(=O)c2cccc(Cl)c2)CC1)C(C)C. The van der Waals surface area contributed by atoms with E-state index in [-0.39, 0.29) is 28.9 Å². The summed E-state index contributed by atoms with van der Waals surface area (Å²) in [4.78, 5) is 17.1. The maximum Gasteiger partial charge on any atom is 0.243 e. The van der Waals surface area contributed by atoms with Gasteiger partial charge in [0.2, 0.25) is 15.9 Å². The summed E-state index contributed by atoms with van der Waals surface area (Å²) in [6.45, 7) is 11.7. The Morgan fingerprint density at radius 2 is 1.59 bits per heavy atom. The van der Waals surface area contributed by atoms with Crippen molar-refractivity contribution in [2.45, 2.75) is 57.6 Å². The summed E-state index contributed by atoms with van der Waals surface area (Å²) in [6.07, 6.45) is 0. The van der Waals surface area contributed by atoms with Gasteiger partial charge in [-0.1, -0.05) is 17.7 Å². The van der Waals surface area contributed by atoms with E-state index in [0.29, 0.717) is 31.2 Å². The van der Waals surface area contributed by atoms with Crippen LogP contribution in [0.1, 0.15) is 34.6 Å². The molecule has 0 saturated carbocycles. The van der Waals surface area contributed by atoms with Gasteiger partial charge in [-0.3, -0.25) is 9.69 Å². The van der Waals surface area contributed by atoms with Crippen LogP contribution < -0.4 is 0 Å². The molecule has 2 rings (SSSR count). The van der Waals surface area contributed by atoms with Crippen LogP contribution in [0.5, 0.6) is 0 Å². The molecule has 0 bridgehead atoms. The lowest BCUT2D eigenvalue weighted by molar-refractivity contribution is -0.140. The van der Waals surface area contributed by atoms with Crippen LogP contribution in [0, 0.1) is 0 Å². The highest BCUT2D eigenvalue weighted by molar-refractivity contribution is 7.89. The van der Waals surface area contributed by atoms with Crippen LogP contribution in [0.25, 0.3) is 0 Å². The molecule has 1 atom stereocenters. The van der Waals surface area contributed by atoms with E-state index in [1.54, 1.807) is 18.2 Å². The standard InChI is InChI=1S/C19H30ClN3O3S/c1-14(2)23(15(3)4)19(24)16(5)21-9-11-22(12-10-21)27(25,26)18-8-6-7-17(20)13-18/h6-8,13-16H,9-12H2,1-5H3/t16-/m0/s1. The van der Waals surface area contributed by atoms with Gasteiger partial charge in [-0.05, 0) is 52.8 Å². The lowest BCUT2D eigenvalue weighted by Gasteiger charge is -2.40. The lowest BCUT2D eigenvalue weighted by Crippen LogP contribution is -2.57. The molecular weight excluding hydrogens is 386 g/mol. The Morgan fingerprint density at radius 1 is 1.04 bits per heavy atom. The molecule has 0 N–H and O–H groups in total. The molecule has 1 aromatic rings. The molecule has 1 aromatic carbocycles. The van der Waals surface area contributed by atoms with Crippen LogP contribution in [0.3, 0.4) is 0 Å². The van der Waals surface area contributed by atoms with Crippen molar-refractivity contribution in [3.05, 3.63) is 29.3 Å². The van der Waals surface area contributed by atoms with Gasteiger partial charge in [0.05, 0.1) is 10.9 Å². The molecule has 1 aliphatic heterocycles. The van der Waals surface area contributed by atoms with E-state index in [1.165, 1.54) is 10.4 Å². The Balaban J connectivity index is 2.05. The maximum atomic E-state index is 12.9. The first-order valence-corrected chi connectivity index (χ1v) is 11.2. The molecule has 0 aromatic heterocycles. The fourth-order valence-corrected chi connectivity index (χ4v) is 5.31. The third-order valence-corrected chi connectivity index (χ3v) is 7.11. The quantitative estimate of drug-likeness (QED) is 0.716. The predicted molar refractivity (Wildman–Crippen MR) is 108 cm³/mol. The second kappa shape index (κ2) is 8.90. The van der Waals surface area contributed by atoms with Crippen LogP contribution in [-0.4, -0.2) is 72.7 Å². The third kappa shape index (κ3) is 5.02. The van der Waals surface area contributed by atoms with Crippen molar-refractivity contribution in [2.75, 3.05) is 26.2 Å². The van der Waals surface area contributed by atoms with Gasteiger partial charge in [0, 0.05) is 43.3 Å². The fraction of sp³-hybridized carbons (Fsp3) is 0.632. The number of benzene rings is 1. The molecule has 1 aliphatic rings. The molecule has 0 spiro atoms. The van der Waals surface area contributed by atoms with Gasteiger partial charge in [0.15, 0.2) is 0 Å². The van der Waals surface area contributed by atoms with Crippen LogP contribution >= 0.6 is 11.6 Å². The van der Waals surface area contributed by atoms with Crippen molar-refractivity contribution >= 4 is 27.5 Å². The van der Waals surface area contributed by atoms with E-state index in [0.717, 1.165) is 0 Å². The van der Waals surface area contributed by atoms with Crippen molar-refractivity contribution in [3.8, 4) is 0 Å². The first-order valence-electron chi connectivity index (χ1n) is 9.37. The van der Waals surface area contributed by atoms with Crippen LogP contribution in [0.15, 0.2) is 29.2 Å². The van der Waals surface area contributed by atoms with Gasteiger partial charge in [-0.25, -0.2) is 8.42 Å². The van der Waals surface area contributed by atoms with E-state index < -0.39 is 10.0 Å². The van der Waals surface area contributed by atoms with Gasteiger partial charge >= 0.3 is 0 Å². The molecule has 1 saturated heterocycles. The molecule has 0 aliphatic carbocycles. The second-order valence-electron chi connectivity index (χ2n) is 7.51. The zero-order valence-corrected chi connectivity index (χ0v) is 18.3. The zero-order valence-electron chi connectivity index (χ0n) is 16.7. The molecule has 0 radical (unpaired) electrons. The van der Waals surface area contributed by atoms with E-state index in [2.05, 4.69) is 4.90 Å². The Labute approximate surface area is 168 Å². The number of halogens is 1. The number of carbonyl (C=O) groups excluding carboxylic acids is 1. The summed E-state index contributed by atoms with van der Waals surface area (Å²) in [5.41, 5.74) is 0. The molecule has 6 nitrogen and oxygen atoms in total. The topological polar surface area (TPSA) is 60.9 Å². The van der Waals surface area contributed by atoms with Crippen molar-refractivity contribution in [1.82, 2.24) is 14.1 Å². The highest BCUT2D eigenvalue weighted by Crippen LogP contribution is 2.22. The number of hydrogen-bond acceptors (Lipinski definition) is 4. The van der Waals surface area contributed by atoms with E-state index in [9.17, 15) is 13.2 Å². The average molecular weight is 416 g/mol. The summed E-state index contributed by atoms with van der Waals surface area (Å²) < 4.78 is 27.1. The fourth-order valence-electron chi connectivity index (χ4n) is 3.58. The van der Waals surface area contributed by atoms with Gasteiger partial charge in [-0.15, -0.1) is 0 Å². The molecule has 27 heavy (non-hydrogen) atoms. The first kappa shape index (κ1) is 22.1. The van der Waals surface area contributed by atoms with Crippen LogP contribution in [0.4, 0.5) is 0 Å². The summed E-state index contributed by atoms with van der Waals surface area (Å²) >= 11 is 5.94. The predicted octanol–water partition coefficient (Wildman–Crippen LogP) is 2.68. The molecule has 1 heterocycles. The van der Waals surface area contributed by atoms with Crippen molar-refractivity contribution in [3.63, 3.8) is 0 Å². The minimum atomic E-state index is -3.57. The second-order valence-corrected chi connectivity index (χ2v) is 9.88. The Hall–Kier alpha value is -1.15. The number of nitrogens with zero attached hydrogens (tertiary/aromatic N) is 3. The molecule has 0 unspecified atom stereocenters. The summed E-state index contributed by atoms with van der Waals surface area (Å²) in [5, 5.41) is 0.399. The minimum Gasteiger partial charge on any atom is -0.336 e. The first-order chi connectivity index (χ1) is 12.6. The number of carbonyl (C=O) groups is 1. The van der Waals surface area contributed by atoms with Gasteiger partial charge < -0.3 is 4.90 Å².